The van der Waals surface area contributed by atoms with Crippen LogP contribution in [0.15, 0.2) is 24.3 Å². The molecule has 0 aliphatic carbocycles. The van der Waals surface area contributed by atoms with Crippen LogP contribution in [0, 0.1) is 11.8 Å². The fourth-order valence-electron chi connectivity index (χ4n) is 9.68. The lowest BCUT2D eigenvalue weighted by Gasteiger charge is -2.50. The van der Waals surface area contributed by atoms with Gasteiger partial charge < -0.3 is 61.5 Å². The van der Waals surface area contributed by atoms with Gasteiger partial charge in [0.05, 0.1) is 43.0 Å². The number of cyclic esters (lactones) is 1. The summed E-state index contributed by atoms with van der Waals surface area (Å²) in [6.45, 7) is 34.1. The summed E-state index contributed by atoms with van der Waals surface area (Å²) in [5, 5.41) is 12.4. The van der Waals surface area contributed by atoms with Crippen molar-refractivity contribution in [3.63, 3.8) is 0 Å². The minimum Gasteiger partial charge on any atom is -0.462 e. The molecule has 1 unspecified atom stereocenters. The predicted octanol–water partition coefficient (Wildman–Crippen LogP) is 9.46. The van der Waals surface area contributed by atoms with Crippen LogP contribution in [0.1, 0.15) is 134 Å². The summed E-state index contributed by atoms with van der Waals surface area (Å²) >= 11 is 0. The van der Waals surface area contributed by atoms with E-state index in [0.29, 0.717) is 25.7 Å². The molecule has 17 heteroatoms. The SMILES string of the molecule is CCCCC(=O)O[C@H]1[C@H](C)O[C@@H](O[C@H]2[C@H](N(C)C)[C@@H](O)[C@H](O[C@H]3[C@H]4CC(O[Si](C)(C)C(C)(C)C)O[C@H](CC(=O)O[C@H](C)C/C=C/C=C/[C@H](O[Si](C)(C)C(C)(C)C)[C@H](C)C4)[C@@H]3OC)O[C@@H]2C)C[C@@]1(C)OC. The van der Waals surface area contributed by atoms with Gasteiger partial charge in [-0.1, -0.05) is 86.1 Å². The Bertz CT molecular complexity index is 1720. The van der Waals surface area contributed by atoms with Crippen LogP contribution in [0.25, 0.3) is 0 Å². The molecule has 3 saturated heterocycles. The number of esters is 2. The molecule has 0 radical (unpaired) electrons. The zero-order valence-corrected chi connectivity index (χ0v) is 48.9. The maximum atomic E-state index is 13.9. The Kier molecular flexibility index (Phi) is 22.0. The molecule has 4 heterocycles. The minimum absolute atomic E-state index is 0.0206. The summed E-state index contributed by atoms with van der Waals surface area (Å²) in [5.41, 5.74) is -0.908. The Morgan fingerprint density at radius 1 is 0.857 bits per heavy atom. The molecule has 406 valence electrons. The molecule has 0 aromatic rings. The van der Waals surface area contributed by atoms with Gasteiger partial charge in [-0.2, -0.15) is 0 Å². The number of likely N-dealkylation sites (N-methyl/N-ethyl adjacent to an activating group) is 1. The Labute approximate surface area is 424 Å². The van der Waals surface area contributed by atoms with E-state index in [1.807, 2.05) is 71.8 Å². The van der Waals surface area contributed by atoms with Gasteiger partial charge in [0.2, 0.25) is 0 Å². The molecule has 70 heavy (non-hydrogen) atoms. The van der Waals surface area contributed by atoms with E-state index in [4.69, 9.17) is 51.5 Å². The smallest absolute Gasteiger partial charge is 0.308 e. The molecule has 0 spiro atoms. The predicted molar refractivity (Wildman–Crippen MR) is 276 cm³/mol. The summed E-state index contributed by atoms with van der Waals surface area (Å²) in [5.74, 6) is -1.02. The molecule has 0 aromatic heterocycles. The normalized spacial score (nSPS) is 38.7. The van der Waals surface area contributed by atoms with Crippen LogP contribution in [0.5, 0.6) is 0 Å². The zero-order valence-electron chi connectivity index (χ0n) is 46.9. The first-order valence-corrected chi connectivity index (χ1v) is 32.0. The van der Waals surface area contributed by atoms with Gasteiger partial charge in [0.15, 0.2) is 35.3 Å². The second-order valence-corrected chi connectivity index (χ2v) is 33.7. The fraction of sp³-hybridized carbons (Fsp3) is 0.887. The third kappa shape index (κ3) is 15.7. The standard InChI is InChI=1S/C53H97NO14Si2/c1-21-22-28-40(55)64-49-36(5)61-43(32-53(49,12)59-16)65-46-35(4)62-50(45(57)44(46)54(13)14)66-47-37-29-33(2)38(67-69(17,18)51(6,7)8)27-25-23-24-26-34(3)60-41(56)31-39(48(47)58-15)63-42(30-37)68-70(19,20)52(9,10)11/h23-25,27,33-39,42-50,57H,21-22,26,28-32H2,1-20H3/b24-23+,27-25+/t33-,34-,35-,36+,37-,38+,39-,42?,43+,44-,45-,46-,47+,48+,49+,50+,53-/m1/s1. The molecule has 2 bridgehead atoms. The van der Waals surface area contributed by atoms with Crippen molar-refractivity contribution in [2.45, 2.75) is 262 Å². The molecule has 1 N–H and O–H groups in total. The maximum Gasteiger partial charge on any atom is 0.308 e. The molecule has 4 aliphatic rings. The molecule has 0 amide bonds. The first-order valence-electron chi connectivity index (χ1n) is 26.2. The Hall–Kier alpha value is -1.59. The Morgan fingerprint density at radius 2 is 1.50 bits per heavy atom. The van der Waals surface area contributed by atoms with Gasteiger partial charge >= 0.3 is 11.9 Å². The number of allylic oxidation sites excluding steroid dienone is 2. The molecule has 3 fully saturated rings. The first kappa shape index (κ1) is 61.0. The number of methoxy groups -OCH3 is 2. The van der Waals surface area contributed by atoms with Gasteiger partial charge in [-0.25, -0.2) is 0 Å². The lowest BCUT2D eigenvalue weighted by molar-refractivity contribution is -0.344. The topological polar surface area (TPSA) is 159 Å². The van der Waals surface area contributed by atoms with E-state index < -0.39 is 102 Å². The largest absolute Gasteiger partial charge is 0.462 e. The van der Waals surface area contributed by atoms with Crippen LogP contribution in [0.4, 0.5) is 0 Å². The third-order valence-corrected chi connectivity index (χ3v) is 25.0. The molecule has 0 saturated carbocycles. The second-order valence-electron chi connectivity index (χ2n) is 24.1. The molecule has 4 rings (SSSR count). The maximum absolute atomic E-state index is 13.9. The van der Waals surface area contributed by atoms with Crippen molar-refractivity contribution in [2.24, 2.45) is 11.8 Å². The van der Waals surface area contributed by atoms with Gasteiger partial charge in [-0.05, 0) is 103 Å². The highest BCUT2D eigenvalue weighted by Crippen LogP contribution is 2.45. The molecule has 4 aliphatic heterocycles. The quantitative estimate of drug-likeness (QED) is 0.122. The van der Waals surface area contributed by atoms with E-state index in [-0.39, 0.29) is 52.9 Å². The highest BCUT2D eigenvalue weighted by Gasteiger charge is 2.55. The summed E-state index contributed by atoms with van der Waals surface area (Å²) in [4.78, 5) is 28.6. The van der Waals surface area contributed by atoms with Crippen LogP contribution in [0.3, 0.4) is 0 Å². The number of carbonyl (C=O) groups is 2. The van der Waals surface area contributed by atoms with Gasteiger partial charge in [-0.15, -0.1) is 0 Å². The van der Waals surface area contributed by atoms with E-state index in [0.717, 1.165) is 12.8 Å². The number of fused-ring (bicyclic) bond motifs is 3. The first-order chi connectivity index (χ1) is 32.4. The Balaban J connectivity index is 1.77. The van der Waals surface area contributed by atoms with E-state index >= 15 is 0 Å². The van der Waals surface area contributed by atoms with Gasteiger partial charge in [0.25, 0.3) is 0 Å². The number of ether oxygens (including phenoxy) is 9. The number of hydrogen-bond donors (Lipinski definition) is 1. The number of nitrogens with zero attached hydrogens (tertiary/aromatic N) is 1. The molecular formula is C53H97NO14Si2. The summed E-state index contributed by atoms with van der Waals surface area (Å²) in [6, 6.07) is -0.625. The molecule has 0 aromatic carbocycles. The molecule has 15 nitrogen and oxygen atoms in total. The minimum atomic E-state index is -2.45. The number of carbonyl (C=O) groups excluding carboxylic acids is 2. The van der Waals surface area contributed by atoms with Gasteiger partial charge in [0, 0.05) is 39.9 Å². The van der Waals surface area contributed by atoms with Crippen molar-refractivity contribution in [1.82, 2.24) is 4.90 Å². The fourth-order valence-corrected chi connectivity index (χ4v) is 12.2. The molecule has 17 atom stereocenters. The van der Waals surface area contributed by atoms with Crippen molar-refractivity contribution < 1.29 is 66.2 Å². The molecular weight excluding hydrogens is 931 g/mol. The monoisotopic (exact) mass is 1030 g/mol. The van der Waals surface area contributed by atoms with Crippen molar-refractivity contribution in [3.8, 4) is 0 Å². The lowest BCUT2D eigenvalue weighted by Crippen LogP contribution is -2.66. The number of rotatable bonds is 15. The van der Waals surface area contributed by atoms with Crippen molar-refractivity contribution in [2.75, 3.05) is 28.3 Å². The average Bonchev–Trinajstić information content (AvgIpc) is 3.35. The van der Waals surface area contributed by atoms with Crippen molar-refractivity contribution >= 4 is 28.6 Å². The van der Waals surface area contributed by atoms with Gasteiger partial charge in [0.1, 0.15) is 36.3 Å². The second kappa shape index (κ2) is 25.3. The average molecular weight is 1030 g/mol. The lowest BCUT2D eigenvalue weighted by atomic mass is 9.83. The van der Waals surface area contributed by atoms with Crippen molar-refractivity contribution in [3.05, 3.63) is 24.3 Å². The number of aliphatic hydroxyl groups excluding tert-OH is 1. The summed E-state index contributed by atoms with van der Waals surface area (Å²) < 4.78 is 72.9. The van der Waals surface area contributed by atoms with Crippen LogP contribution >= 0.6 is 0 Å². The van der Waals surface area contributed by atoms with E-state index in [1.165, 1.54) is 0 Å². The van der Waals surface area contributed by atoms with E-state index in [2.05, 4.69) is 80.7 Å². The Morgan fingerprint density at radius 3 is 2.09 bits per heavy atom. The van der Waals surface area contributed by atoms with Crippen LogP contribution < -0.4 is 0 Å². The van der Waals surface area contributed by atoms with Crippen LogP contribution in [-0.4, -0.2) is 158 Å². The summed E-state index contributed by atoms with van der Waals surface area (Å²) in [6.07, 6.45) is 2.52. The van der Waals surface area contributed by atoms with Gasteiger partial charge in [-0.3, -0.25) is 9.59 Å². The summed E-state index contributed by atoms with van der Waals surface area (Å²) in [7, 11) is 2.28. The van der Waals surface area contributed by atoms with Crippen LogP contribution in [0.2, 0.25) is 36.3 Å². The zero-order chi connectivity index (χ0) is 52.7. The number of hydrogen-bond acceptors (Lipinski definition) is 15. The highest BCUT2D eigenvalue weighted by molar-refractivity contribution is 6.74. The van der Waals surface area contributed by atoms with Crippen LogP contribution in [-0.2, 0) is 61.1 Å². The van der Waals surface area contributed by atoms with E-state index in [1.54, 1.807) is 14.2 Å². The third-order valence-electron chi connectivity index (χ3n) is 16.1. The number of unbranched alkanes of at least 4 members (excludes halogenated alkanes) is 1. The van der Waals surface area contributed by atoms with E-state index in [9.17, 15) is 14.7 Å². The van der Waals surface area contributed by atoms with Crippen molar-refractivity contribution in [1.29, 1.82) is 0 Å². The number of aliphatic hydroxyl groups is 1. The highest BCUT2D eigenvalue weighted by atomic mass is 28.4.